The number of benzene rings is 2. The van der Waals surface area contributed by atoms with Crippen LogP contribution in [0.25, 0.3) is 5.57 Å². The molecule has 1 saturated heterocycles. The normalized spacial score (nSPS) is 15.7. The molecule has 4 nitrogen and oxygen atoms in total. The minimum absolute atomic E-state index is 0.127. The lowest BCUT2D eigenvalue weighted by Gasteiger charge is -2.35. The van der Waals surface area contributed by atoms with Gasteiger partial charge in [0.2, 0.25) is 0 Å². The van der Waals surface area contributed by atoms with E-state index in [1.54, 1.807) is 6.20 Å². The fraction of sp³-hybridized carbons (Fsp3) is 0.417. The SMILES string of the molecule is C=CNc1ccc(C2=C(C(=C)NC3CCN(C(=C)CCC)CC3)N=C(c3ccc(C(C)(C)C)cc3)C2)cc1.CC. The molecule has 0 saturated carbocycles. The van der Waals surface area contributed by atoms with Gasteiger partial charge < -0.3 is 15.5 Å². The predicted octanol–water partition coefficient (Wildman–Crippen LogP) is 9.05. The highest BCUT2D eigenvalue weighted by Gasteiger charge is 2.26. The van der Waals surface area contributed by atoms with E-state index in [0.29, 0.717) is 6.04 Å². The van der Waals surface area contributed by atoms with Gasteiger partial charge in [-0.1, -0.05) is 104 Å². The minimum atomic E-state index is 0.127. The number of nitrogens with zero attached hydrogens (tertiary/aromatic N) is 2. The van der Waals surface area contributed by atoms with Crippen LogP contribution in [-0.2, 0) is 5.41 Å². The van der Waals surface area contributed by atoms with Gasteiger partial charge in [-0.2, -0.15) is 0 Å². The summed E-state index contributed by atoms with van der Waals surface area (Å²) in [6, 6.07) is 17.8. The summed E-state index contributed by atoms with van der Waals surface area (Å²) in [5.41, 5.74) is 10.3. The fourth-order valence-electron chi connectivity index (χ4n) is 5.30. The molecule has 0 aromatic heterocycles. The van der Waals surface area contributed by atoms with E-state index in [1.807, 2.05) is 13.8 Å². The Balaban J connectivity index is 0.00000216. The number of hydrogen-bond acceptors (Lipinski definition) is 4. The molecule has 2 aromatic carbocycles. The molecule has 1 fully saturated rings. The number of nitrogens with one attached hydrogen (secondary N) is 2. The van der Waals surface area contributed by atoms with Gasteiger partial charge in [0.05, 0.1) is 17.1 Å². The predicted molar refractivity (Wildman–Crippen MR) is 176 cm³/mol. The molecule has 4 rings (SSSR count). The molecule has 2 aromatic rings. The van der Waals surface area contributed by atoms with Crippen LogP contribution in [0.5, 0.6) is 0 Å². The average Bonchev–Trinajstić information content (AvgIpc) is 3.41. The zero-order valence-corrected chi connectivity index (χ0v) is 25.7. The first-order valence-electron chi connectivity index (χ1n) is 15.0. The Morgan fingerprint density at radius 3 is 2.12 bits per heavy atom. The van der Waals surface area contributed by atoms with Crippen molar-refractivity contribution in [2.75, 3.05) is 18.4 Å². The number of anilines is 1. The zero-order chi connectivity index (χ0) is 29.3. The first kappa shape index (κ1) is 31.0. The molecule has 2 aliphatic heterocycles. The number of piperidine rings is 1. The Labute approximate surface area is 243 Å². The summed E-state index contributed by atoms with van der Waals surface area (Å²) in [6.07, 6.45) is 6.88. The van der Waals surface area contributed by atoms with Gasteiger partial charge in [0.1, 0.15) is 0 Å². The van der Waals surface area contributed by atoms with E-state index in [1.165, 1.54) is 28.0 Å². The summed E-state index contributed by atoms with van der Waals surface area (Å²) < 4.78 is 0. The first-order chi connectivity index (χ1) is 19.2. The first-order valence-corrected chi connectivity index (χ1v) is 15.0. The van der Waals surface area contributed by atoms with Gasteiger partial charge in [-0.15, -0.1) is 0 Å². The van der Waals surface area contributed by atoms with Crippen molar-refractivity contribution in [2.45, 2.75) is 85.1 Å². The van der Waals surface area contributed by atoms with Crippen molar-refractivity contribution in [1.29, 1.82) is 0 Å². The van der Waals surface area contributed by atoms with Crippen LogP contribution >= 0.6 is 0 Å². The third-order valence-corrected chi connectivity index (χ3v) is 7.61. The van der Waals surface area contributed by atoms with E-state index in [4.69, 9.17) is 4.99 Å². The van der Waals surface area contributed by atoms with Crippen molar-refractivity contribution in [3.05, 3.63) is 108 Å². The lowest BCUT2D eigenvalue weighted by atomic mass is 9.86. The highest BCUT2D eigenvalue weighted by atomic mass is 15.2. The van der Waals surface area contributed by atoms with Crippen LogP contribution in [0, 0.1) is 0 Å². The van der Waals surface area contributed by atoms with E-state index < -0.39 is 0 Å². The fourth-order valence-corrected chi connectivity index (χ4v) is 5.30. The molecule has 0 amide bonds. The van der Waals surface area contributed by atoms with Gasteiger partial charge in [-0.3, -0.25) is 4.99 Å². The molecule has 0 bridgehead atoms. The van der Waals surface area contributed by atoms with Crippen LogP contribution in [0.4, 0.5) is 5.69 Å². The van der Waals surface area contributed by atoms with Crippen molar-refractivity contribution in [3.63, 3.8) is 0 Å². The molecular weight excluding hydrogens is 488 g/mol. The van der Waals surface area contributed by atoms with Crippen molar-refractivity contribution in [2.24, 2.45) is 4.99 Å². The van der Waals surface area contributed by atoms with Crippen LogP contribution in [0.2, 0.25) is 0 Å². The third-order valence-electron chi connectivity index (χ3n) is 7.61. The molecular formula is C36H50N4. The molecule has 2 N–H and O–H groups in total. The summed E-state index contributed by atoms with van der Waals surface area (Å²) in [5, 5.41) is 6.91. The van der Waals surface area contributed by atoms with Crippen LogP contribution in [0.15, 0.2) is 96.6 Å². The van der Waals surface area contributed by atoms with E-state index in [-0.39, 0.29) is 5.41 Å². The van der Waals surface area contributed by atoms with E-state index >= 15 is 0 Å². The summed E-state index contributed by atoms with van der Waals surface area (Å²) in [6.45, 7) is 27.6. The quantitative estimate of drug-likeness (QED) is 0.317. The Morgan fingerprint density at radius 1 is 0.975 bits per heavy atom. The standard InChI is InChI=1S/C34H44N4.C2H6/c1-8-10-24(3)38-21-19-30(20-22-38)36-25(4)33-31(26-13-17-29(18-14-26)35-9-2)23-32(37-33)27-11-15-28(16-12-27)34(5,6)7;1-2/h9,11-18,30,35-36H,2-4,8,10,19-23H2,1,5-7H3;1-2H3. The van der Waals surface area contributed by atoms with Crippen molar-refractivity contribution < 1.29 is 0 Å². The van der Waals surface area contributed by atoms with E-state index in [9.17, 15) is 0 Å². The molecule has 214 valence electrons. The molecule has 0 radical (unpaired) electrons. The Hall–Kier alpha value is -3.53. The van der Waals surface area contributed by atoms with Gasteiger partial charge in [0, 0.05) is 36.9 Å². The zero-order valence-electron chi connectivity index (χ0n) is 25.7. The van der Waals surface area contributed by atoms with Crippen molar-refractivity contribution >= 4 is 17.0 Å². The second-order valence-corrected chi connectivity index (χ2v) is 11.5. The Bertz CT molecular complexity index is 1220. The summed E-state index contributed by atoms with van der Waals surface area (Å²) in [4.78, 5) is 7.62. The average molecular weight is 539 g/mol. The molecule has 0 unspecified atom stereocenters. The Morgan fingerprint density at radius 2 is 1.57 bits per heavy atom. The van der Waals surface area contributed by atoms with Crippen LogP contribution < -0.4 is 10.6 Å². The summed E-state index contributed by atoms with van der Waals surface area (Å²) >= 11 is 0. The third kappa shape index (κ3) is 7.78. The molecule has 0 spiro atoms. The number of hydrogen-bond donors (Lipinski definition) is 2. The van der Waals surface area contributed by atoms with Gasteiger partial charge in [-0.25, -0.2) is 0 Å². The highest BCUT2D eigenvalue weighted by molar-refractivity contribution is 6.10. The van der Waals surface area contributed by atoms with E-state index in [2.05, 4.69) is 111 Å². The number of likely N-dealkylation sites (tertiary alicyclic amines) is 1. The Kier molecular flexibility index (Phi) is 11.0. The second-order valence-electron chi connectivity index (χ2n) is 11.5. The van der Waals surface area contributed by atoms with Crippen molar-refractivity contribution in [3.8, 4) is 0 Å². The molecule has 2 aliphatic rings. The molecule has 0 atom stereocenters. The van der Waals surface area contributed by atoms with Gasteiger partial charge in [-0.05, 0) is 65.3 Å². The van der Waals surface area contributed by atoms with Crippen LogP contribution in [-0.4, -0.2) is 29.7 Å². The number of aliphatic imine (C=N–C) groups is 1. The molecule has 40 heavy (non-hydrogen) atoms. The largest absolute Gasteiger partial charge is 0.381 e. The topological polar surface area (TPSA) is 39.7 Å². The number of allylic oxidation sites excluding steroid dienone is 2. The number of rotatable bonds is 10. The maximum Gasteiger partial charge on any atom is 0.0900 e. The van der Waals surface area contributed by atoms with Gasteiger partial charge in [0.15, 0.2) is 0 Å². The lowest BCUT2D eigenvalue weighted by Crippen LogP contribution is -2.41. The van der Waals surface area contributed by atoms with E-state index in [0.717, 1.165) is 68.0 Å². The smallest absolute Gasteiger partial charge is 0.0900 e. The van der Waals surface area contributed by atoms with Crippen molar-refractivity contribution in [1.82, 2.24) is 10.2 Å². The summed E-state index contributed by atoms with van der Waals surface area (Å²) in [5.74, 6) is 0. The minimum Gasteiger partial charge on any atom is -0.381 e. The molecule has 2 heterocycles. The van der Waals surface area contributed by atoms with Gasteiger partial charge in [0.25, 0.3) is 0 Å². The lowest BCUT2D eigenvalue weighted by molar-refractivity contribution is 0.243. The molecule has 4 heteroatoms. The maximum atomic E-state index is 5.18. The highest BCUT2D eigenvalue weighted by Crippen LogP contribution is 2.35. The summed E-state index contributed by atoms with van der Waals surface area (Å²) in [7, 11) is 0. The van der Waals surface area contributed by atoms with Crippen LogP contribution in [0.1, 0.15) is 90.3 Å². The maximum absolute atomic E-state index is 5.18. The van der Waals surface area contributed by atoms with Gasteiger partial charge >= 0.3 is 0 Å². The van der Waals surface area contributed by atoms with Crippen LogP contribution in [0.3, 0.4) is 0 Å². The monoisotopic (exact) mass is 538 g/mol. The second kappa shape index (κ2) is 14.2. The molecule has 0 aliphatic carbocycles.